The summed E-state index contributed by atoms with van der Waals surface area (Å²) in [5.74, 6) is 0.281. The zero-order valence-electron chi connectivity index (χ0n) is 4.60. The maximum Gasteiger partial charge on any atom is 0.137 e. The molecule has 1 aliphatic rings. The van der Waals surface area contributed by atoms with Gasteiger partial charge in [0.2, 0.25) is 0 Å². The highest BCUT2D eigenvalue weighted by atomic mass is 16.3. The molecule has 3 heteroatoms. The third-order valence-corrected chi connectivity index (χ3v) is 0.968. The second-order valence-corrected chi connectivity index (χ2v) is 1.61. The van der Waals surface area contributed by atoms with E-state index in [1.54, 1.807) is 19.2 Å². The molecule has 1 aliphatic heterocycles. The van der Waals surface area contributed by atoms with E-state index >= 15 is 0 Å². The Morgan fingerprint density at radius 1 is 1.62 bits per heavy atom. The molecule has 0 spiro atoms. The van der Waals surface area contributed by atoms with Gasteiger partial charge in [-0.15, -0.1) is 0 Å². The maximum atomic E-state index is 8.87. The van der Waals surface area contributed by atoms with E-state index in [1.807, 2.05) is 0 Å². The summed E-state index contributed by atoms with van der Waals surface area (Å²) < 4.78 is 0. The average Bonchev–Trinajstić information content (AvgIpc) is 1.77. The van der Waals surface area contributed by atoms with Gasteiger partial charge in [-0.2, -0.15) is 0 Å². The van der Waals surface area contributed by atoms with Gasteiger partial charge in [0, 0.05) is 6.20 Å². The second-order valence-electron chi connectivity index (χ2n) is 1.61. The van der Waals surface area contributed by atoms with E-state index in [0.717, 1.165) is 5.70 Å². The lowest BCUT2D eigenvalue weighted by atomic mass is 10.3. The first-order chi connectivity index (χ1) is 3.80. The molecule has 0 unspecified atom stereocenters. The van der Waals surface area contributed by atoms with Crippen molar-refractivity contribution >= 4 is 0 Å². The van der Waals surface area contributed by atoms with Crippen molar-refractivity contribution in [1.82, 2.24) is 10.9 Å². The Morgan fingerprint density at radius 2 is 2.38 bits per heavy atom. The molecule has 0 aromatic heterocycles. The van der Waals surface area contributed by atoms with E-state index in [-0.39, 0.29) is 5.76 Å². The summed E-state index contributed by atoms with van der Waals surface area (Å²) in [6.45, 7) is 1.78. The van der Waals surface area contributed by atoms with Crippen LogP contribution in [0.1, 0.15) is 6.92 Å². The zero-order valence-corrected chi connectivity index (χ0v) is 4.60. The molecular formula is C5H8N2O. The monoisotopic (exact) mass is 112 g/mol. The standard InChI is InChI=1S/C5H8N2O/c1-4-5(8)2-3-6-7-4/h2-3,6-8H,1H3. The predicted octanol–water partition coefficient (Wildman–Crippen LogP) is 0.397. The van der Waals surface area contributed by atoms with Crippen molar-refractivity contribution in [1.29, 1.82) is 0 Å². The molecule has 0 amide bonds. The maximum absolute atomic E-state index is 8.87. The SMILES string of the molecule is CC1=C(O)C=CNN1. The van der Waals surface area contributed by atoms with Gasteiger partial charge in [0.1, 0.15) is 5.76 Å². The minimum atomic E-state index is 0.281. The fourth-order valence-electron chi connectivity index (χ4n) is 0.460. The third-order valence-electron chi connectivity index (χ3n) is 0.968. The number of rotatable bonds is 0. The van der Waals surface area contributed by atoms with Crippen LogP contribution in [0.25, 0.3) is 0 Å². The van der Waals surface area contributed by atoms with Gasteiger partial charge in [-0.3, -0.25) is 0 Å². The van der Waals surface area contributed by atoms with E-state index in [1.165, 1.54) is 0 Å². The molecule has 8 heavy (non-hydrogen) atoms. The van der Waals surface area contributed by atoms with Crippen LogP contribution < -0.4 is 10.9 Å². The van der Waals surface area contributed by atoms with Crippen molar-refractivity contribution in [3.05, 3.63) is 23.7 Å². The predicted molar refractivity (Wildman–Crippen MR) is 30.7 cm³/mol. The highest BCUT2D eigenvalue weighted by Crippen LogP contribution is 1.98. The number of hydrogen-bond donors (Lipinski definition) is 3. The van der Waals surface area contributed by atoms with Gasteiger partial charge in [-0.25, -0.2) is 0 Å². The molecule has 0 saturated carbocycles. The molecule has 3 nitrogen and oxygen atoms in total. The Hall–Kier alpha value is -1.12. The Morgan fingerprint density at radius 3 is 2.75 bits per heavy atom. The lowest BCUT2D eigenvalue weighted by Gasteiger charge is -2.10. The van der Waals surface area contributed by atoms with Crippen molar-refractivity contribution in [2.45, 2.75) is 6.92 Å². The number of aliphatic hydroxyl groups excluding tert-OH is 1. The normalized spacial score (nSPS) is 17.6. The first-order valence-electron chi connectivity index (χ1n) is 2.38. The topological polar surface area (TPSA) is 44.3 Å². The molecule has 3 N–H and O–H groups in total. The number of hydrogen-bond acceptors (Lipinski definition) is 3. The highest BCUT2D eigenvalue weighted by molar-refractivity contribution is 5.18. The van der Waals surface area contributed by atoms with E-state index in [2.05, 4.69) is 10.9 Å². The smallest absolute Gasteiger partial charge is 0.137 e. The Kier molecular flexibility index (Phi) is 1.12. The van der Waals surface area contributed by atoms with Crippen molar-refractivity contribution < 1.29 is 5.11 Å². The van der Waals surface area contributed by atoms with Crippen LogP contribution in [0, 0.1) is 0 Å². The van der Waals surface area contributed by atoms with Crippen LogP contribution in [0.4, 0.5) is 0 Å². The summed E-state index contributed by atoms with van der Waals surface area (Å²) in [5, 5.41) is 8.87. The molecule has 0 atom stereocenters. The van der Waals surface area contributed by atoms with Gasteiger partial charge >= 0.3 is 0 Å². The van der Waals surface area contributed by atoms with Crippen LogP contribution >= 0.6 is 0 Å². The fourth-order valence-corrected chi connectivity index (χ4v) is 0.460. The van der Waals surface area contributed by atoms with Crippen LogP contribution in [0.2, 0.25) is 0 Å². The Labute approximate surface area is 47.7 Å². The van der Waals surface area contributed by atoms with Gasteiger partial charge in [0.25, 0.3) is 0 Å². The largest absolute Gasteiger partial charge is 0.506 e. The van der Waals surface area contributed by atoms with Crippen molar-refractivity contribution in [3.63, 3.8) is 0 Å². The zero-order chi connectivity index (χ0) is 5.98. The third kappa shape index (κ3) is 0.753. The van der Waals surface area contributed by atoms with Crippen LogP contribution in [-0.2, 0) is 0 Å². The summed E-state index contributed by atoms with van der Waals surface area (Å²) in [6.07, 6.45) is 3.22. The quantitative estimate of drug-likeness (QED) is 0.425. The van der Waals surface area contributed by atoms with Crippen LogP contribution in [0.3, 0.4) is 0 Å². The number of nitrogens with one attached hydrogen (secondary N) is 2. The number of aliphatic hydroxyl groups is 1. The van der Waals surface area contributed by atoms with Gasteiger partial charge in [-0.1, -0.05) is 0 Å². The van der Waals surface area contributed by atoms with Crippen LogP contribution in [-0.4, -0.2) is 5.11 Å². The first-order valence-corrected chi connectivity index (χ1v) is 2.38. The molecule has 0 aromatic carbocycles. The summed E-state index contributed by atoms with van der Waals surface area (Å²) in [6, 6.07) is 0. The molecule has 0 aliphatic carbocycles. The number of hydrazine groups is 1. The minimum absolute atomic E-state index is 0.281. The summed E-state index contributed by atoms with van der Waals surface area (Å²) in [5.41, 5.74) is 6.18. The molecule has 0 bridgehead atoms. The van der Waals surface area contributed by atoms with E-state index < -0.39 is 0 Å². The van der Waals surface area contributed by atoms with Crippen LogP contribution in [0.5, 0.6) is 0 Å². The van der Waals surface area contributed by atoms with E-state index in [4.69, 9.17) is 5.11 Å². The fraction of sp³-hybridized carbons (Fsp3) is 0.200. The molecule has 44 valence electrons. The van der Waals surface area contributed by atoms with Crippen LogP contribution in [0.15, 0.2) is 23.7 Å². The van der Waals surface area contributed by atoms with Crippen molar-refractivity contribution in [3.8, 4) is 0 Å². The molecule has 0 fully saturated rings. The lowest BCUT2D eigenvalue weighted by Crippen LogP contribution is -2.28. The van der Waals surface area contributed by atoms with Gasteiger partial charge in [0.15, 0.2) is 0 Å². The molecule has 1 heterocycles. The lowest BCUT2D eigenvalue weighted by molar-refractivity contribution is 0.410. The summed E-state index contributed by atoms with van der Waals surface area (Å²) in [4.78, 5) is 0. The molecule has 0 aromatic rings. The molecule has 1 rings (SSSR count). The van der Waals surface area contributed by atoms with Gasteiger partial charge < -0.3 is 16.0 Å². The first kappa shape index (κ1) is 5.03. The Bertz CT molecular complexity index is 149. The average molecular weight is 112 g/mol. The molecule has 0 saturated heterocycles. The van der Waals surface area contributed by atoms with Crippen molar-refractivity contribution in [2.24, 2.45) is 0 Å². The van der Waals surface area contributed by atoms with Gasteiger partial charge in [-0.05, 0) is 13.0 Å². The number of allylic oxidation sites excluding steroid dienone is 2. The Balaban J connectivity index is 2.76. The summed E-state index contributed by atoms with van der Waals surface area (Å²) in [7, 11) is 0. The molecule has 0 radical (unpaired) electrons. The molecular weight excluding hydrogens is 104 g/mol. The highest BCUT2D eigenvalue weighted by Gasteiger charge is 1.96. The minimum Gasteiger partial charge on any atom is -0.506 e. The van der Waals surface area contributed by atoms with E-state index in [9.17, 15) is 0 Å². The summed E-state index contributed by atoms with van der Waals surface area (Å²) >= 11 is 0. The van der Waals surface area contributed by atoms with Crippen molar-refractivity contribution in [2.75, 3.05) is 0 Å². The van der Waals surface area contributed by atoms with E-state index in [0.29, 0.717) is 0 Å². The van der Waals surface area contributed by atoms with Gasteiger partial charge in [0.05, 0.1) is 5.70 Å². The second kappa shape index (κ2) is 1.78.